The molecule has 7 nitrogen and oxygen atoms in total. The molecule has 2 aromatic carbocycles. The standard InChI is InChI=1S/C20H17N3O4/c1-2-27-20(24)16(11-21)19(13-7-9-14(10-8-13)23(25)26)17-12-22-18-6-4-3-5-15(17)18/h3-10,12,16,19,22H,2H2,1H3. The summed E-state index contributed by atoms with van der Waals surface area (Å²) in [5, 5.41) is 21.5. The molecule has 0 bridgehead atoms. The third-order valence-corrected chi connectivity index (χ3v) is 4.43. The van der Waals surface area contributed by atoms with Crippen molar-refractivity contribution < 1.29 is 14.5 Å². The third kappa shape index (κ3) is 3.51. The van der Waals surface area contributed by atoms with Gasteiger partial charge < -0.3 is 9.72 Å². The van der Waals surface area contributed by atoms with Gasteiger partial charge in [-0.15, -0.1) is 0 Å². The zero-order chi connectivity index (χ0) is 19.4. The average molecular weight is 363 g/mol. The van der Waals surface area contributed by atoms with Gasteiger partial charge in [-0.3, -0.25) is 14.9 Å². The number of non-ortho nitro benzene ring substituents is 1. The molecule has 0 spiro atoms. The number of hydrogen-bond donors (Lipinski definition) is 1. The molecule has 0 saturated carbocycles. The summed E-state index contributed by atoms with van der Waals surface area (Å²) in [7, 11) is 0. The molecule has 1 N–H and O–H groups in total. The van der Waals surface area contributed by atoms with E-state index in [-0.39, 0.29) is 12.3 Å². The Morgan fingerprint density at radius 2 is 1.96 bits per heavy atom. The number of rotatable bonds is 6. The van der Waals surface area contributed by atoms with Crippen LogP contribution in [0.1, 0.15) is 24.0 Å². The van der Waals surface area contributed by atoms with E-state index in [0.29, 0.717) is 5.56 Å². The number of nitro groups is 1. The first kappa shape index (κ1) is 18.1. The van der Waals surface area contributed by atoms with Crippen LogP contribution in [0.25, 0.3) is 10.9 Å². The molecule has 27 heavy (non-hydrogen) atoms. The quantitative estimate of drug-likeness (QED) is 0.406. The molecule has 1 aromatic heterocycles. The van der Waals surface area contributed by atoms with E-state index in [1.54, 1.807) is 25.3 Å². The lowest BCUT2D eigenvalue weighted by molar-refractivity contribution is -0.384. The summed E-state index contributed by atoms with van der Waals surface area (Å²) in [5.74, 6) is -2.31. The monoisotopic (exact) mass is 363 g/mol. The number of aromatic amines is 1. The molecular weight excluding hydrogens is 346 g/mol. The summed E-state index contributed by atoms with van der Waals surface area (Å²) >= 11 is 0. The van der Waals surface area contributed by atoms with Gasteiger partial charge in [0.15, 0.2) is 5.92 Å². The first-order chi connectivity index (χ1) is 13.1. The van der Waals surface area contributed by atoms with Crippen LogP contribution in [0.5, 0.6) is 0 Å². The minimum absolute atomic E-state index is 0.0546. The maximum atomic E-state index is 12.4. The molecule has 0 radical (unpaired) electrons. The highest BCUT2D eigenvalue weighted by Crippen LogP contribution is 2.37. The molecule has 3 aromatic rings. The maximum Gasteiger partial charge on any atom is 0.324 e. The minimum Gasteiger partial charge on any atom is -0.465 e. The number of benzene rings is 2. The van der Waals surface area contributed by atoms with Crippen molar-refractivity contribution in [2.45, 2.75) is 12.8 Å². The highest BCUT2D eigenvalue weighted by atomic mass is 16.6. The van der Waals surface area contributed by atoms with Crippen molar-refractivity contribution in [2.24, 2.45) is 5.92 Å². The van der Waals surface area contributed by atoms with Gasteiger partial charge in [-0.05, 0) is 24.1 Å². The van der Waals surface area contributed by atoms with Crippen LogP contribution in [0, 0.1) is 27.4 Å². The van der Waals surface area contributed by atoms with Crippen molar-refractivity contribution in [3.63, 3.8) is 0 Å². The molecule has 3 rings (SSSR count). The predicted octanol–water partition coefficient (Wildman–Crippen LogP) is 3.91. The summed E-state index contributed by atoms with van der Waals surface area (Å²) in [6.45, 7) is 1.84. The Labute approximate surface area is 155 Å². The van der Waals surface area contributed by atoms with Crippen molar-refractivity contribution in [3.05, 3.63) is 76.0 Å². The normalized spacial score (nSPS) is 12.9. The molecule has 0 aliphatic carbocycles. The number of nitrogens with zero attached hydrogens (tertiary/aromatic N) is 2. The van der Waals surface area contributed by atoms with Gasteiger partial charge in [0.1, 0.15) is 0 Å². The molecule has 0 amide bonds. The van der Waals surface area contributed by atoms with Crippen molar-refractivity contribution in [2.75, 3.05) is 6.61 Å². The zero-order valence-corrected chi connectivity index (χ0v) is 14.6. The number of nitrogens with one attached hydrogen (secondary N) is 1. The third-order valence-electron chi connectivity index (χ3n) is 4.43. The van der Waals surface area contributed by atoms with E-state index in [9.17, 15) is 20.2 Å². The van der Waals surface area contributed by atoms with Crippen molar-refractivity contribution in [3.8, 4) is 6.07 Å². The second-order valence-corrected chi connectivity index (χ2v) is 5.97. The number of carbonyl (C=O) groups excluding carboxylic acids is 1. The Morgan fingerprint density at radius 1 is 1.26 bits per heavy atom. The number of nitriles is 1. The highest BCUT2D eigenvalue weighted by Gasteiger charge is 2.34. The first-order valence-corrected chi connectivity index (χ1v) is 8.43. The maximum absolute atomic E-state index is 12.4. The molecule has 0 fully saturated rings. The number of para-hydroxylation sites is 1. The number of aromatic nitrogens is 1. The molecule has 7 heteroatoms. The summed E-state index contributed by atoms with van der Waals surface area (Å²) in [4.78, 5) is 26.0. The van der Waals surface area contributed by atoms with Gasteiger partial charge in [-0.25, -0.2) is 0 Å². The fourth-order valence-corrected chi connectivity index (χ4v) is 3.20. The molecule has 0 aliphatic rings. The van der Waals surface area contributed by atoms with Crippen molar-refractivity contribution in [1.82, 2.24) is 4.98 Å². The number of H-pyrrole nitrogens is 1. The van der Waals surface area contributed by atoms with E-state index in [0.717, 1.165) is 16.5 Å². The van der Waals surface area contributed by atoms with Gasteiger partial charge in [0.25, 0.3) is 5.69 Å². The summed E-state index contributed by atoms with van der Waals surface area (Å²) in [5.41, 5.74) is 2.21. The van der Waals surface area contributed by atoms with Gasteiger partial charge in [0.05, 0.1) is 17.6 Å². The SMILES string of the molecule is CCOC(=O)C(C#N)C(c1ccc([N+](=O)[O-])cc1)c1c[nH]c2ccccc12. The Bertz CT molecular complexity index is 1020. The smallest absolute Gasteiger partial charge is 0.324 e. The van der Waals surface area contributed by atoms with Crippen LogP contribution in [0.2, 0.25) is 0 Å². The van der Waals surface area contributed by atoms with Gasteiger partial charge in [-0.2, -0.15) is 5.26 Å². The van der Waals surface area contributed by atoms with E-state index in [4.69, 9.17) is 4.74 Å². The number of hydrogen-bond acceptors (Lipinski definition) is 5. The molecule has 2 atom stereocenters. The molecule has 136 valence electrons. The minimum atomic E-state index is -1.08. The molecule has 2 unspecified atom stereocenters. The van der Waals surface area contributed by atoms with Crippen LogP contribution in [0.3, 0.4) is 0 Å². The lowest BCUT2D eigenvalue weighted by Crippen LogP contribution is -2.24. The van der Waals surface area contributed by atoms with E-state index in [1.165, 1.54) is 12.1 Å². The fraction of sp³-hybridized carbons (Fsp3) is 0.200. The van der Waals surface area contributed by atoms with E-state index in [2.05, 4.69) is 11.1 Å². The Balaban J connectivity index is 2.15. The Morgan fingerprint density at radius 3 is 2.59 bits per heavy atom. The zero-order valence-electron chi connectivity index (χ0n) is 14.6. The number of esters is 1. The van der Waals surface area contributed by atoms with Crippen LogP contribution in [0.4, 0.5) is 5.69 Å². The summed E-state index contributed by atoms with van der Waals surface area (Å²) in [6.07, 6.45) is 1.76. The number of ether oxygens (including phenoxy) is 1. The average Bonchev–Trinajstić information content (AvgIpc) is 3.10. The molecule has 1 heterocycles. The predicted molar refractivity (Wildman–Crippen MR) is 99.0 cm³/mol. The number of nitro benzene ring substituents is 1. The van der Waals surface area contributed by atoms with Crippen LogP contribution in [-0.4, -0.2) is 22.5 Å². The Kier molecular flexibility index (Phi) is 5.18. The lowest BCUT2D eigenvalue weighted by Gasteiger charge is -2.21. The summed E-state index contributed by atoms with van der Waals surface area (Å²) < 4.78 is 5.09. The fourth-order valence-electron chi connectivity index (χ4n) is 3.20. The van der Waals surface area contributed by atoms with Gasteiger partial charge in [0, 0.05) is 35.2 Å². The second kappa shape index (κ2) is 7.70. The van der Waals surface area contributed by atoms with Crippen LogP contribution in [0.15, 0.2) is 54.7 Å². The van der Waals surface area contributed by atoms with Crippen LogP contribution >= 0.6 is 0 Å². The second-order valence-electron chi connectivity index (χ2n) is 5.97. The Hall–Kier alpha value is -3.66. The van der Waals surface area contributed by atoms with Crippen molar-refractivity contribution >= 4 is 22.6 Å². The van der Waals surface area contributed by atoms with Crippen LogP contribution in [-0.2, 0) is 9.53 Å². The van der Waals surface area contributed by atoms with E-state index in [1.807, 2.05) is 24.3 Å². The molecule has 0 saturated heterocycles. The van der Waals surface area contributed by atoms with Gasteiger partial charge in [-0.1, -0.05) is 30.3 Å². The lowest BCUT2D eigenvalue weighted by atomic mass is 9.81. The van der Waals surface area contributed by atoms with Gasteiger partial charge in [0.2, 0.25) is 0 Å². The molecule has 0 aliphatic heterocycles. The van der Waals surface area contributed by atoms with Gasteiger partial charge >= 0.3 is 5.97 Å². The largest absolute Gasteiger partial charge is 0.465 e. The van der Waals surface area contributed by atoms with Crippen LogP contribution < -0.4 is 0 Å². The van der Waals surface area contributed by atoms with Crippen molar-refractivity contribution in [1.29, 1.82) is 5.26 Å². The summed E-state index contributed by atoms with van der Waals surface area (Å²) in [6, 6.07) is 15.5. The van der Waals surface area contributed by atoms with E-state index >= 15 is 0 Å². The number of carbonyl (C=O) groups is 1. The highest BCUT2D eigenvalue weighted by molar-refractivity contribution is 5.86. The first-order valence-electron chi connectivity index (χ1n) is 8.43. The topological polar surface area (TPSA) is 109 Å². The number of fused-ring (bicyclic) bond motifs is 1. The van der Waals surface area contributed by atoms with E-state index < -0.39 is 22.7 Å². The molecular formula is C20H17N3O4.